The number of hydrogen-bond acceptors (Lipinski definition) is 5. The number of anilines is 2. The van der Waals surface area contributed by atoms with Crippen molar-refractivity contribution in [2.45, 2.75) is 19.4 Å². The van der Waals surface area contributed by atoms with Gasteiger partial charge < -0.3 is 15.1 Å². The zero-order valence-electron chi connectivity index (χ0n) is 13.6. The predicted molar refractivity (Wildman–Crippen MR) is 93.0 cm³/mol. The minimum Gasteiger partial charge on any atom is -0.368 e. The lowest BCUT2D eigenvalue weighted by Gasteiger charge is -2.38. The van der Waals surface area contributed by atoms with Crippen LogP contribution in [0.2, 0.25) is 0 Å². The summed E-state index contributed by atoms with van der Waals surface area (Å²) in [5.74, 6) is 1.42. The fourth-order valence-electron chi connectivity index (χ4n) is 3.73. The monoisotopic (exact) mass is 309 g/mol. The Bertz CT molecular complexity index is 664. The van der Waals surface area contributed by atoms with Crippen molar-refractivity contribution in [1.82, 2.24) is 15.3 Å². The molecule has 1 unspecified atom stereocenters. The average molecular weight is 309 g/mol. The van der Waals surface area contributed by atoms with E-state index in [1.165, 1.54) is 16.8 Å². The van der Waals surface area contributed by atoms with Gasteiger partial charge in [0.05, 0.1) is 0 Å². The Morgan fingerprint density at radius 1 is 1.00 bits per heavy atom. The molecule has 0 radical (unpaired) electrons. The van der Waals surface area contributed by atoms with E-state index in [0.717, 1.165) is 45.2 Å². The third kappa shape index (κ3) is 2.77. The number of piperazine rings is 1. The van der Waals surface area contributed by atoms with Crippen LogP contribution in [0.3, 0.4) is 0 Å². The molecule has 0 amide bonds. The van der Waals surface area contributed by atoms with Crippen molar-refractivity contribution in [2.24, 2.45) is 0 Å². The largest absolute Gasteiger partial charge is 0.368 e. The molecule has 4 rings (SSSR count). The molecule has 120 valence electrons. The lowest BCUT2D eigenvalue weighted by Crippen LogP contribution is -2.47. The zero-order chi connectivity index (χ0) is 15.6. The van der Waals surface area contributed by atoms with Gasteiger partial charge in [0.15, 0.2) is 0 Å². The normalized spacial score (nSPS) is 21.2. The van der Waals surface area contributed by atoms with Crippen LogP contribution in [0.1, 0.15) is 24.0 Å². The van der Waals surface area contributed by atoms with Crippen molar-refractivity contribution >= 4 is 11.6 Å². The summed E-state index contributed by atoms with van der Waals surface area (Å²) in [5.41, 5.74) is 4.41. The van der Waals surface area contributed by atoms with Crippen molar-refractivity contribution in [3.05, 3.63) is 47.8 Å². The first-order valence-corrected chi connectivity index (χ1v) is 8.42. The van der Waals surface area contributed by atoms with E-state index in [4.69, 9.17) is 0 Å². The third-order valence-electron chi connectivity index (χ3n) is 4.89. The summed E-state index contributed by atoms with van der Waals surface area (Å²) in [6.45, 7) is 8.38. The molecule has 5 nitrogen and oxygen atoms in total. The molecule has 1 atom stereocenters. The number of benzene rings is 1. The number of nitrogens with one attached hydrogen (secondary N) is 1. The molecular formula is C18H23N5. The molecule has 23 heavy (non-hydrogen) atoms. The van der Waals surface area contributed by atoms with Gasteiger partial charge in [-0.2, -0.15) is 0 Å². The Hall–Kier alpha value is -2.14. The molecule has 2 aromatic rings. The van der Waals surface area contributed by atoms with Crippen molar-refractivity contribution in [1.29, 1.82) is 0 Å². The van der Waals surface area contributed by atoms with Crippen LogP contribution in [-0.2, 0) is 6.54 Å². The second-order valence-corrected chi connectivity index (χ2v) is 6.40. The summed E-state index contributed by atoms with van der Waals surface area (Å²) in [7, 11) is 0. The van der Waals surface area contributed by atoms with Gasteiger partial charge in [0.2, 0.25) is 5.95 Å². The summed E-state index contributed by atoms with van der Waals surface area (Å²) >= 11 is 0. The first kappa shape index (κ1) is 14.5. The van der Waals surface area contributed by atoms with Crippen LogP contribution in [0.5, 0.6) is 0 Å². The molecule has 0 bridgehead atoms. The van der Waals surface area contributed by atoms with Gasteiger partial charge in [0.25, 0.3) is 0 Å². The molecular weight excluding hydrogens is 286 g/mol. The van der Waals surface area contributed by atoms with Gasteiger partial charge in [-0.05, 0) is 29.2 Å². The molecule has 0 aliphatic carbocycles. The predicted octanol–water partition coefficient (Wildman–Crippen LogP) is 2.01. The van der Waals surface area contributed by atoms with Crippen LogP contribution in [0, 0.1) is 0 Å². The number of rotatable bonds is 2. The maximum atomic E-state index is 4.37. The van der Waals surface area contributed by atoms with E-state index in [0.29, 0.717) is 5.92 Å². The fourth-order valence-corrected chi connectivity index (χ4v) is 3.73. The Morgan fingerprint density at radius 2 is 1.74 bits per heavy atom. The van der Waals surface area contributed by atoms with E-state index < -0.39 is 0 Å². The van der Waals surface area contributed by atoms with Crippen LogP contribution in [0.15, 0.2) is 36.7 Å². The van der Waals surface area contributed by atoms with Crippen molar-refractivity contribution in [2.75, 3.05) is 42.5 Å². The third-order valence-corrected chi connectivity index (χ3v) is 4.89. The van der Waals surface area contributed by atoms with Crippen LogP contribution in [0.4, 0.5) is 11.6 Å². The number of hydrogen-bond donors (Lipinski definition) is 1. The van der Waals surface area contributed by atoms with Gasteiger partial charge in [-0.3, -0.25) is 0 Å². The minimum absolute atomic E-state index is 0.574. The van der Waals surface area contributed by atoms with Gasteiger partial charge >= 0.3 is 0 Å². The summed E-state index contributed by atoms with van der Waals surface area (Å²) in [6.07, 6.45) is 3.63. The number of nitrogens with zero attached hydrogens (tertiary/aromatic N) is 4. The fraction of sp³-hybridized carbons (Fsp3) is 0.444. The number of aromatic nitrogens is 2. The maximum Gasteiger partial charge on any atom is 0.225 e. The highest BCUT2D eigenvalue weighted by molar-refractivity contribution is 5.60. The molecule has 2 aliphatic heterocycles. The molecule has 0 spiro atoms. The smallest absolute Gasteiger partial charge is 0.225 e. The first-order chi connectivity index (χ1) is 11.3. The topological polar surface area (TPSA) is 44.3 Å². The van der Waals surface area contributed by atoms with E-state index in [2.05, 4.69) is 50.2 Å². The van der Waals surface area contributed by atoms with Crippen molar-refractivity contribution < 1.29 is 0 Å². The quantitative estimate of drug-likeness (QED) is 0.919. The van der Waals surface area contributed by atoms with Crippen molar-refractivity contribution in [3.8, 4) is 0 Å². The van der Waals surface area contributed by atoms with Gasteiger partial charge in [-0.25, -0.2) is 9.97 Å². The standard InChI is InChI=1S/C18H23N5/c1-14-12-19-13-15-4-2-5-16(17(14)15)22-8-10-23(11-9-22)18-20-6-3-7-21-18/h2-7,14,19H,8-13H2,1H3. The molecule has 3 heterocycles. The SMILES string of the molecule is CC1CNCc2cccc(N3CCN(c4ncccn4)CC3)c21. The summed E-state index contributed by atoms with van der Waals surface area (Å²) in [4.78, 5) is 13.5. The molecule has 1 N–H and O–H groups in total. The second kappa shape index (κ2) is 6.16. The summed E-state index contributed by atoms with van der Waals surface area (Å²) in [6, 6.07) is 8.61. The van der Waals surface area contributed by atoms with Gasteiger partial charge in [-0.15, -0.1) is 0 Å². The minimum atomic E-state index is 0.574. The molecule has 1 saturated heterocycles. The van der Waals surface area contributed by atoms with E-state index in [1.54, 1.807) is 0 Å². The molecule has 2 aliphatic rings. The Balaban J connectivity index is 1.53. The van der Waals surface area contributed by atoms with Gasteiger partial charge in [-0.1, -0.05) is 19.1 Å². The molecule has 1 aromatic carbocycles. The Labute approximate surface area is 137 Å². The Kier molecular flexibility index (Phi) is 3.87. The summed E-state index contributed by atoms with van der Waals surface area (Å²) in [5, 5.41) is 3.51. The highest BCUT2D eigenvalue weighted by Crippen LogP contribution is 2.33. The molecule has 5 heteroatoms. The zero-order valence-corrected chi connectivity index (χ0v) is 13.6. The van der Waals surface area contributed by atoms with Crippen molar-refractivity contribution in [3.63, 3.8) is 0 Å². The lowest BCUT2D eigenvalue weighted by molar-refractivity contribution is 0.565. The maximum absolute atomic E-state index is 4.37. The van der Waals surface area contributed by atoms with Gasteiger partial charge in [0.1, 0.15) is 0 Å². The van der Waals surface area contributed by atoms with Crippen LogP contribution >= 0.6 is 0 Å². The van der Waals surface area contributed by atoms with Crippen LogP contribution < -0.4 is 15.1 Å². The number of fused-ring (bicyclic) bond motifs is 1. The van der Waals surface area contributed by atoms with Gasteiger partial charge in [0, 0.05) is 57.3 Å². The summed E-state index contributed by atoms with van der Waals surface area (Å²) < 4.78 is 0. The lowest BCUT2D eigenvalue weighted by atomic mass is 9.90. The van der Waals surface area contributed by atoms with E-state index in [1.807, 2.05) is 18.5 Å². The molecule has 0 saturated carbocycles. The van der Waals surface area contributed by atoms with E-state index in [9.17, 15) is 0 Å². The van der Waals surface area contributed by atoms with Crippen LogP contribution in [-0.4, -0.2) is 42.7 Å². The Morgan fingerprint density at radius 3 is 2.52 bits per heavy atom. The van der Waals surface area contributed by atoms with Crippen LogP contribution in [0.25, 0.3) is 0 Å². The first-order valence-electron chi connectivity index (χ1n) is 8.42. The molecule has 1 fully saturated rings. The highest BCUT2D eigenvalue weighted by Gasteiger charge is 2.25. The van der Waals surface area contributed by atoms with E-state index in [-0.39, 0.29) is 0 Å². The average Bonchev–Trinajstić information content (AvgIpc) is 2.62. The van der Waals surface area contributed by atoms with E-state index >= 15 is 0 Å². The molecule has 1 aromatic heterocycles. The highest BCUT2D eigenvalue weighted by atomic mass is 15.3. The second-order valence-electron chi connectivity index (χ2n) is 6.40.